The van der Waals surface area contributed by atoms with Crippen LogP contribution in [0.25, 0.3) is 0 Å². The van der Waals surface area contributed by atoms with Gasteiger partial charge in [-0.2, -0.15) is 0 Å². The Bertz CT molecular complexity index is 383. The van der Waals surface area contributed by atoms with E-state index in [1.807, 2.05) is 30.3 Å². The molecule has 1 heterocycles. The van der Waals surface area contributed by atoms with Crippen molar-refractivity contribution < 1.29 is 14.6 Å². The van der Waals surface area contributed by atoms with Gasteiger partial charge in [-0.1, -0.05) is 30.3 Å². The largest absolute Gasteiger partial charge is 0.465 e. The molecule has 0 saturated carbocycles. The van der Waals surface area contributed by atoms with Crippen molar-refractivity contribution in [2.24, 2.45) is 5.73 Å². The Kier molecular flexibility index (Phi) is 3.61. The van der Waals surface area contributed by atoms with Crippen LogP contribution in [0.15, 0.2) is 30.3 Å². The van der Waals surface area contributed by atoms with E-state index >= 15 is 0 Å². The molecule has 1 fully saturated rings. The van der Waals surface area contributed by atoms with Crippen LogP contribution in [0.3, 0.4) is 0 Å². The van der Waals surface area contributed by atoms with E-state index in [2.05, 4.69) is 0 Å². The standard InChI is InChI=1S/C12H16N2O3/c13-10-6-14(12(15)16)7-11(10)17-8-9-4-2-1-3-5-9/h1-5,10-11H,6-8,13H2,(H,15,16)/t10-,11-/m0/s1. The number of nitrogens with two attached hydrogens (primary N) is 1. The molecule has 5 nitrogen and oxygen atoms in total. The summed E-state index contributed by atoms with van der Waals surface area (Å²) in [5.74, 6) is 0. The molecular weight excluding hydrogens is 220 g/mol. The molecule has 0 unspecified atom stereocenters. The first-order chi connectivity index (χ1) is 8.16. The second-order valence-electron chi connectivity index (χ2n) is 4.19. The Morgan fingerprint density at radius 1 is 1.41 bits per heavy atom. The van der Waals surface area contributed by atoms with Gasteiger partial charge >= 0.3 is 6.09 Å². The third-order valence-corrected chi connectivity index (χ3v) is 2.89. The summed E-state index contributed by atoms with van der Waals surface area (Å²) in [7, 11) is 0. The summed E-state index contributed by atoms with van der Waals surface area (Å²) < 4.78 is 5.65. The average Bonchev–Trinajstić information content (AvgIpc) is 2.70. The molecule has 1 aromatic rings. The molecule has 1 aliphatic rings. The average molecular weight is 236 g/mol. The monoisotopic (exact) mass is 236 g/mol. The molecule has 0 radical (unpaired) electrons. The number of nitrogens with zero attached hydrogens (tertiary/aromatic N) is 1. The lowest BCUT2D eigenvalue weighted by atomic mass is 10.2. The van der Waals surface area contributed by atoms with Crippen LogP contribution in [0.2, 0.25) is 0 Å². The lowest BCUT2D eigenvalue weighted by Gasteiger charge is -2.15. The van der Waals surface area contributed by atoms with Crippen LogP contribution in [0.1, 0.15) is 5.56 Å². The SMILES string of the molecule is N[C@H]1CN(C(=O)O)C[C@@H]1OCc1ccccc1. The van der Waals surface area contributed by atoms with E-state index < -0.39 is 6.09 Å². The fourth-order valence-corrected chi connectivity index (χ4v) is 1.91. The number of hydrogen-bond donors (Lipinski definition) is 2. The molecule has 0 spiro atoms. The van der Waals surface area contributed by atoms with Crippen LogP contribution in [0.4, 0.5) is 4.79 Å². The van der Waals surface area contributed by atoms with Gasteiger partial charge in [-0.3, -0.25) is 0 Å². The zero-order valence-electron chi connectivity index (χ0n) is 9.45. The highest BCUT2D eigenvalue weighted by Gasteiger charge is 2.33. The number of carboxylic acid groups (broad SMARTS) is 1. The second kappa shape index (κ2) is 5.16. The summed E-state index contributed by atoms with van der Waals surface area (Å²) >= 11 is 0. The zero-order chi connectivity index (χ0) is 12.3. The van der Waals surface area contributed by atoms with Crippen LogP contribution in [-0.2, 0) is 11.3 Å². The molecule has 0 aliphatic carbocycles. The van der Waals surface area contributed by atoms with Crippen molar-refractivity contribution >= 4 is 6.09 Å². The van der Waals surface area contributed by atoms with Gasteiger partial charge in [0.25, 0.3) is 0 Å². The predicted molar refractivity (Wildman–Crippen MR) is 62.6 cm³/mol. The second-order valence-corrected chi connectivity index (χ2v) is 4.19. The number of amides is 1. The summed E-state index contributed by atoms with van der Waals surface area (Å²) in [6, 6.07) is 9.52. The maximum Gasteiger partial charge on any atom is 0.407 e. The van der Waals surface area contributed by atoms with Crippen molar-refractivity contribution in [3.8, 4) is 0 Å². The lowest BCUT2D eigenvalue weighted by Crippen LogP contribution is -2.35. The van der Waals surface area contributed by atoms with E-state index in [0.717, 1.165) is 5.56 Å². The van der Waals surface area contributed by atoms with Gasteiger partial charge in [0.15, 0.2) is 0 Å². The first-order valence-corrected chi connectivity index (χ1v) is 5.56. The quantitative estimate of drug-likeness (QED) is 0.817. The van der Waals surface area contributed by atoms with Crippen molar-refractivity contribution in [3.63, 3.8) is 0 Å². The Balaban J connectivity index is 1.86. The number of hydrogen-bond acceptors (Lipinski definition) is 3. The van der Waals surface area contributed by atoms with E-state index in [9.17, 15) is 4.79 Å². The van der Waals surface area contributed by atoms with E-state index in [4.69, 9.17) is 15.6 Å². The molecule has 1 saturated heterocycles. The number of likely N-dealkylation sites (tertiary alicyclic amines) is 1. The highest BCUT2D eigenvalue weighted by molar-refractivity contribution is 5.65. The predicted octanol–water partition coefficient (Wildman–Crippen LogP) is 0.893. The molecule has 3 N–H and O–H groups in total. The topological polar surface area (TPSA) is 75.8 Å². The number of ether oxygens (including phenoxy) is 1. The normalized spacial score (nSPS) is 23.9. The minimum absolute atomic E-state index is 0.216. The van der Waals surface area contributed by atoms with Crippen molar-refractivity contribution in [2.75, 3.05) is 13.1 Å². The molecule has 5 heteroatoms. The number of benzene rings is 1. The Labute approximate surface area is 99.8 Å². The zero-order valence-corrected chi connectivity index (χ0v) is 9.45. The molecule has 0 bridgehead atoms. The summed E-state index contributed by atoms with van der Waals surface area (Å²) in [5.41, 5.74) is 6.90. The summed E-state index contributed by atoms with van der Waals surface area (Å²) in [6.45, 7) is 1.16. The molecule has 0 aromatic heterocycles. The van der Waals surface area contributed by atoms with Crippen LogP contribution < -0.4 is 5.73 Å². The number of rotatable bonds is 3. The van der Waals surface area contributed by atoms with Crippen LogP contribution >= 0.6 is 0 Å². The first-order valence-electron chi connectivity index (χ1n) is 5.56. The van der Waals surface area contributed by atoms with Gasteiger partial charge in [0.2, 0.25) is 0 Å². The molecule has 92 valence electrons. The first kappa shape index (κ1) is 11.9. The van der Waals surface area contributed by atoms with Gasteiger partial charge in [0, 0.05) is 6.54 Å². The smallest absolute Gasteiger partial charge is 0.407 e. The Morgan fingerprint density at radius 2 is 2.12 bits per heavy atom. The fraction of sp³-hybridized carbons (Fsp3) is 0.417. The van der Waals surface area contributed by atoms with Gasteiger partial charge in [0.1, 0.15) is 0 Å². The molecular formula is C12H16N2O3. The minimum Gasteiger partial charge on any atom is -0.465 e. The van der Waals surface area contributed by atoms with Gasteiger partial charge in [0.05, 0.1) is 25.3 Å². The highest BCUT2D eigenvalue weighted by Crippen LogP contribution is 2.14. The molecule has 2 atom stereocenters. The molecule has 1 aromatic carbocycles. The summed E-state index contributed by atoms with van der Waals surface area (Å²) in [5, 5.41) is 8.85. The van der Waals surface area contributed by atoms with Crippen molar-refractivity contribution in [2.45, 2.75) is 18.8 Å². The maximum absolute atomic E-state index is 10.8. The van der Waals surface area contributed by atoms with E-state index in [-0.39, 0.29) is 12.1 Å². The Morgan fingerprint density at radius 3 is 2.71 bits per heavy atom. The van der Waals surface area contributed by atoms with Gasteiger partial charge in [-0.25, -0.2) is 4.79 Å². The van der Waals surface area contributed by atoms with E-state index in [1.54, 1.807) is 0 Å². The minimum atomic E-state index is -0.939. The third kappa shape index (κ3) is 2.95. The number of carbonyl (C=O) groups is 1. The summed E-state index contributed by atoms with van der Waals surface area (Å²) in [6.07, 6.45) is -1.16. The third-order valence-electron chi connectivity index (χ3n) is 2.89. The van der Waals surface area contributed by atoms with Crippen LogP contribution in [-0.4, -0.2) is 41.3 Å². The van der Waals surface area contributed by atoms with Crippen LogP contribution in [0, 0.1) is 0 Å². The van der Waals surface area contributed by atoms with E-state index in [0.29, 0.717) is 19.7 Å². The fourth-order valence-electron chi connectivity index (χ4n) is 1.91. The summed E-state index contributed by atoms with van der Waals surface area (Å²) in [4.78, 5) is 12.1. The van der Waals surface area contributed by atoms with Crippen LogP contribution in [0.5, 0.6) is 0 Å². The molecule has 17 heavy (non-hydrogen) atoms. The van der Waals surface area contributed by atoms with Gasteiger partial charge in [-0.05, 0) is 5.56 Å². The maximum atomic E-state index is 10.8. The molecule has 2 rings (SSSR count). The van der Waals surface area contributed by atoms with Crippen molar-refractivity contribution in [1.29, 1.82) is 0 Å². The van der Waals surface area contributed by atoms with Crippen molar-refractivity contribution in [3.05, 3.63) is 35.9 Å². The van der Waals surface area contributed by atoms with Crippen molar-refractivity contribution in [1.82, 2.24) is 4.90 Å². The molecule has 1 aliphatic heterocycles. The van der Waals surface area contributed by atoms with E-state index in [1.165, 1.54) is 4.90 Å². The van der Waals surface area contributed by atoms with Gasteiger partial charge in [-0.15, -0.1) is 0 Å². The Hall–Kier alpha value is -1.59. The van der Waals surface area contributed by atoms with Gasteiger partial charge < -0.3 is 20.5 Å². The molecule has 1 amide bonds. The lowest BCUT2D eigenvalue weighted by molar-refractivity contribution is 0.0388. The highest BCUT2D eigenvalue weighted by atomic mass is 16.5.